The van der Waals surface area contributed by atoms with Crippen LogP contribution in [0.2, 0.25) is 0 Å². The Morgan fingerprint density at radius 1 is 1.06 bits per heavy atom. The fourth-order valence-electron chi connectivity index (χ4n) is 2.03. The molecule has 90 valence electrons. The molecule has 3 N–H and O–H groups in total. The number of aromatic nitrogens is 2. The first kappa shape index (κ1) is 10.8. The molecule has 2 aromatic carbocycles. The highest BCUT2D eigenvalue weighted by Crippen LogP contribution is 2.24. The van der Waals surface area contributed by atoms with E-state index in [4.69, 9.17) is 5.73 Å². The largest absolute Gasteiger partial charge is 0.398 e. The Kier molecular flexibility index (Phi) is 2.33. The molecule has 3 nitrogen and oxygen atoms in total. The van der Waals surface area contributed by atoms with Gasteiger partial charge in [-0.25, -0.2) is 4.98 Å². The zero-order valence-corrected chi connectivity index (χ0v) is 10.5. The van der Waals surface area contributed by atoms with Gasteiger partial charge in [-0.1, -0.05) is 29.8 Å². The van der Waals surface area contributed by atoms with Crippen molar-refractivity contribution in [3.05, 3.63) is 47.5 Å². The minimum Gasteiger partial charge on any atom is -0.398 e. The first-order chi connectivity index (χ1) is 8.63. The molecule has 0 atom stereocenters. The summed E-state index contributed by atoms with van der Waals surface area (Å²) >= 11 is 0. The molecule has 1 aromatic heterocycles. The summed E-state index contributed by atoms with van der Waals surface area (Å²) in [5, 5.41) is 0. The summed E-state index contributed by atoms with van der Waals surface area (Å²) in [4.78, 5) is 7.91. The molecule has 3 aromatic rings. The summed E-state index contributed by atoms with van der Waals surface area (Å²) in [7, 11) is 0. The number of fused-ring (bicyclic) bond motifs is 1. The second-order valence-corrected chi connectivity index (χ2v) is 4.68. The van der Waals surface area contributed by atoms with Crippen molar-refractivity contribution < 1.29 is 0 Å². The monoisotopic (exact) mass is 237 g/mol. The summed E-state index contributed by atoms with van der Waals surface area (Å²) in [5.74, 6) is 0.884. The Morgan fingerprint density at radius 2 is 1.78 bits per heavy atom. The molecule has 0 amide bonds. The van der Waals surface area contributed by atoms with Gasteiger partial charge in [-0.05, 0) is 31.5 Å². The molecular weight excluding hydrogens is 222 g/mol. The fourth-order valence-corrected chi connectivity index (χ4v) is 2.03. The van der Waals surface area contributed by atoms with Gasteiger partial charge in [0.15, 0.2) is 0 Å². The van der Waals surface area contributed by atoms with Crippen LogP contribution in [0.4, 0.5) is 5.69 Å². The lowest BCUT2D eigenvalue weighted by Gasteiger charge is -1.97. The number of imidazole rings is 1. The van der Waals surface area contributed by atoms with Crippen molar-refractivity contribution in [2.75, 3.05) is 5.73 Å². The Bertz CT molecular complexity index is 669. The van der Waals surface area contributed by atoms with Gasteiger partial charge < -0.3 is 10.7 Å². The van der Waals surface area contributed by atoms with E-state index in [1.807, 2.05) is 19.1 Å². The van der Waals surface area contributed by atoms with E-state index in [0.717, 1.165) is 33.7 Å². The first-order valence-corrected chi connectivity index (χ1v) is 5.96. The van der Waals surface area contributed by atoms with E-state index in [9.17, 15) is 0 Å². The maximum Gasteiger partial charge on any atom is 0.138 e. The molecule has 1 heterocycles. The number of nitrogen functional groups attached to an aromatic ring is 1. The van der Waals surface area contributed by atoms with Crippen molar-refractivity contribution in [1.29, 1.82) is 0 Å². The molecule has 0 aliphatic heterocycles. The summed E-state index contributed by atoms with van der Waals surface area (Å²) < 4.78 is 0. The number of nitrogens with zero attached hydrogens (tertiary/aromatic N) is 1. The highest BCUT2D eigenvalue weighted by atomic mass is 14.9. The molecule has 18 heavy (non-hydrogen) atoms. The van der Waals surface area contributed by atoms with E-state index in [0.29, 0.717) is 0 Å². The maximum atomic E-state index is 5.90. The molecule has 0 saturated carbocycles. The minimum atomic E-state index is 0.782. The first-order valence-electron chi connectivity index (χ1n) is 5.96. The van der Waals surface area contributed by atoms with Gasteiger partial charge in [-0.3, -0.25) is 0 Å². The summed E-state index contributed by atoms with van der Waals surface area (Å²) in [6.07, 6.45) is 0. The van der Waals surface area contributed by atoms with Gasteiger partial charge in [-0.2, -0.15) is 0 Å². The molecule has 0 aliphatic carbocycles. The van der Waals surface area contributed by atoms with E-state index in [-0.39, 0.29) is 0 Å². The van der Waals surface area contributed by atoms with Gasteiger partial charge in [0.25, 0.3) is 0 Å². The molecular formula is C15H15N3. The van der Waals surface area contributed by atoms with Crippen LogP contribution in [0.25, 0.3) is 22.4 Å². The Balaban J connectivity index is 2.16. The van der Waals surface area contributed by atoms with Crippen LogP contribution in [0.3, 0.4) is 0 Å². The molecule has 0 bridgehead atoms. The van der Waals surface area contributed by atoms with E-state index in [1.54, 1.807) is 0 Å². The van der Waals surface area contributed by atoms with E-state index < -0.39 is 0 Å². The standard InChI is InChI=1S/C15H15N3/c1-9-3-5-11(6-4-9)15-17-13-7-10(2)12(16)8-14(13)18-15/h3-8H,16H2,1-2H3,(H,17,18). The van der Waals surface area contributed by atoms with Crippen LogP contribution in [0.15, 0.2) is 36.4 Å². The summed E-state index contributed by atoms with van der Waals surface area (Å²) in [6.45, 7) is 4.08. The SMILES string of the molecule is Cc1ccc(-c2nc3cc(N)c(C)cc3[nH]2)cc1. The van der Waals surface area contributed by atoms with Gasteiger partial charge in [0, 0.05) is 11.3 Å². The van der Waals surface area contributed by atoms with Crippen molar-refractivity contribution in [1.82, 2.24) is 9.97 Å². The number of nitrogens with two attached hydrogens (primary N) is 1. The number of benzene rings is 2. The van der Waals surface area contributed by atoms with E-state index >= 15 is 0 Å². The number of nitrogens with one attached hydrogen (secondary N) is 1. The van der Waals surface area contributed by atoms with Crippen LogP contribution in [0, 0.1) is 13.8 Å². The van der Waals surface area contributed by atoms with Crippen molar-refractivity contribution in [3.63, 3.8) is 0 Å². The zero-order valence-electron chi connectivity index (χ0n) is 10.5. The third-order valence-electron chi connectivity index (χ3n) is 3.19. The van der Waals surface area contributed by atoms with E-state index in [1.165, 1.54) is 5.56 Å². The van der Waals surface area contributed by atoms with Gasteiger partial charge in [0.2, 0.25) is 0 Å². The number of aromatic amines is 1. The molecule has 0 aliphatic rings. The van der Waals surface area contributed by atoms with Gasteiger partial charge >= 0.3 is 0 Å². The normalized spacial score (nSPS) is 11.0. The number of hydrogen-bond acceptors (Lipinski definition) is 2. The minimum absolute atomic E-state index is 0.782. The number of rotatable bonds is 1. The van der Waals surface area contributed by atoms with Crippen LogP contribution < -0.4 is 5.73 Å². The molecule has 3 heteroatoms. The van der Waals surface area contributed by atoms with Crippen LogP contribution >= 0.6 is 0 Å². The Morgan fingerprint density at radius 3 is 2.50 bits per heavy atom. The predicted octanol–water partition coefficient (Wildman–Crippen LogP) is 3.43. The maximum absolute atomic E-state index is 5.90. The van der Waals surface area contributed by atoms with Gasteiger partial charge in [-0.15, -0.1) is 0 Å². The van der Waals surface area contributed by atoms with Crippen molar-refractivity contribution in [2.45, 2.75) is 13.8 Å². The van der Waals surface area contributed by atoms with Crippen LogP contribution in [0.5, 0.6) is 0 Å². The van der Waals surface area contributed by atoms with Crippen LogP contribution in [0.1, 0.15) is 11.1 Å². The van der Waals surface area contributed by atoms with Gasteiger partial charge in [0.1, 0.15) is 5.82 Å². The lowest BCUT2D eigenvalue weighted by atomic mass is 10.1. The lowest BCUT2D eigenvalue weighted by Crippen LogP contribution is -1.88. The smallest absolute Gasteiger partial charge is 0.138 e. The molecule has 3 rings (SSSR count). The second-order valence-electron chi connectivity index (χ2n) is 4.68. The summed E-state index contributed by atoms with van der Waals surface area (Å²) in [6, 6.07) is 12.3. The average Bonchev–Trinajstić information content (AvgIpc) is 2.73. The molecule has 0 saturated heterocycles. The number of anilines is 1. The molecule has 0 fully saturated rings. The van der Waals surface area contributed by atoms with Crippen LogP contribution in [-0.2, 0) is 0 Å². The highest BCUT2D eigenvalue weighted by molar-refractivity contribution is 5.83. The number of aryl methyl sites for hydroxylation is 2. The van der Waals surface area contributed by atoms with E-state index in [2.05, 4.69) is 41.2 Å². The third kappa shape index (κ3) is 1.74. The predicted molar refractivity (Wildman–Crippen MR) is 75.4 cm³/mol. The van der Waals surface area contributed by atoms with Crippen molar-refractivity contribution in [2.24, 2.45) is 0 Å². The fraction of sp³-hybridized carbons (Fsp3) is 0.133. The van der Waals surface area contributed by atoms with Gasteiger partial charge in [0.05, 0.1) is 11.0 Å². The quantitative estimate of drug-likeness (QED) is 0.637. The van der Waals surface area contributed by atoms with Crippen LogP contribution in [-0.4, -0.2) is 9.97 Å². The van der Waals surface area contributed by atoms with Crippen molar-refractivity contribution >= 4 is 16.7 Å². The summed E-state index contributed by atoms with van der Waals surface area (Å²) in [5.41, 5.74) is 12.0. The number of H-pyrrole nitrogens is 1. The molecule has 0 radical (unpaired) electrons. The topological polar surface area (TPSA) is 54.7 Å². The molecule has 0 unspecified atom stereocenters. The second kappa shape index (κ2) is 3.88. The zero-order chi connectivity index (χ0) is 12.7. The Labute approximate surface area is 106 Å². The molecule has 0 spiro atoms. The lowest BCUT2D eigenvalue weighted by molar-refractivity contribution is 1.33. The highest BCUT2D eigenvalue weighted by Gasteiger charge is 2.06. The average molecular weight is 237 g/mol. The Hall–Kier alpha value is -2.29. The van der Waals surface area contributed by atoms with Crippen molar-refractivity contribution in [3.8, 4) is 11.4 Å². The third-order valence-corrected chi connectivity index (χ3v) is 3.19. The number of hydrogen-bond donors (Lipinski definition) is 2.